The summed E-state index contributed by atoms with van der Waals surface area (Å²) in [5.74, 6) is 0. The van der Waals surface area contributed by atoms with Crippen LogP contribution in [-0.4, -0.2) is 38.2 Å². The molecule has 8 nitrogen and oxygen atoms in total. The summed E-state index contributed by atoms with van der Waals surface area (Å²) < 4.78 is 8.05. The Bertz CT molecular complexity index is 1850. The first-order valence-electron chi connectivity index (χ1n) is 14.9. The van der Waals surface area contributed by atoms with Gasteiger partial charge >= 0.3 is 0 Å². The molecule has 0 unspecified atom stereocenters. The molecule has 8 heteroatoms. The van der Waals surface area contributed by atoms with E-state index in [1.54, 1.807) is 24.8 Å². The highest BCUT2D eigenvalue weighted by atomic mass is 15.0. The van der Waals surface area contributed by atoms with Crippen molar-refractivity contribution in [3.05, 3.63) is 194 Å². The van der Waals surface area contributed by atoms with Crippen molar-refractivity contribution in [2.75, 3.05) is 0 Å². The van der Waals surface area contributed by atoms with Crippen LogP contribution >= 0.6 is 0 Å². The van der Waals surface area contributed by atoms with Crippen LogP contribution < -0.4 is 0 Å². The number of benzene rings is 4. The van der Waals surface area contributed by atoms with Crippen LogP contribution in [0.25, 0.3) is 33.9 Å². The third-order valence-electron chi connectivity index (χ3n) is 8.08. The van der Waals surface area contributed by atoms with Gasteiger partial charge in [-0.15, -0.1) is 0 Å². The Morgan fingerprint density at radius 1 is 0.304 bits per heavy atom. The van der Waals surface area contributed by atoms with Gasteiger partial charge in [-0.05, 0) is 81.9 Å². The summed E-state index contributed by atoms with van der Waals surface area (Å²) in [6.07, 6.45) is 22.2. The molecule has 0 fully saturated rings. The first-order chi connectivity index (χ1) is 22.8. The van der Waals surface area contributed by atoms with E-state index in [4.69, 9.17) is 0 Å². The summed E-state index contributed by atoms with van der Waals surface area (Å²) in [4.78, 5) is 16.9. The molecular formula is C38H28N8. The van der Waals surface area contributed by atoms with Gasteiger partial charge in [-0.1, -0.05) is 48.5 Å². The lowest BCUT2D eigenvalue weighted by molar-refractivity contribution is 1.05. The Balaban J connectivity index is 1.33. The van der Waals surface area contributed by atoms with E-state index in [1.807, 2.05) is 68.4 Å². The fourth-order valence-electron chi connectivity index (χ4n) is 5.76. The number of hydrogen-bond donors (Lipinski definition) is 0. The maximum Gasteiger partial charge on any atom is 0.0991 e. The number of rotatable bonds is 8. The quantitative estimate of drug-likeness (QED) is 0.171. The lowest BCUT2D eigenvalue weighted by atomic mass is 9.85. The van der Waals surface area contributed by atoms with Crippen molar-refractivity contribution in [3.8, 4) is 22.7 Å². The first kappa shape index (κ1) is 27.0. The minimum Gasteiger partial charge on any atom is -0.306 e. The van der Waals surface area contributed by atoms with Gasteiger partial charge in [0.05, 0.1) is 25.3 Å². The number of aromatic nitrogens is 8. The smallest absolute Gasteiger partial charge is 0.0991 e. The van der Waals surface area contributed by atoms with Crippen molar-refractivity contribution in [1.82, 2.24) is 38.2 Å². The van der Waals surface area contributed by atoms with Crippen LogP contribution in [0.1, 0.15) is 22.3 Å². The zero-order valence-corrected chi connectivity index (χ0v) is 24.7. The van der Waals surface area contributed by atoms with Crippen molar-refractivity contribution < 1.29 is 0 Å². The van der Waals surface area contributed by atoms with Crippen molar-refractivity contribution in [2.45, 2.75) is 0 Å². The molecule has 0 aliphatic heterocycles. The van der Waals surface area contributed by atoms with E-state index < -0.39 is 0 Å². The molecule has 4 aromatic heterocycles. The third-order valence-corrected chi connectivity index (χ3v) is 8.08. The van der Waals surface area contributed by atoms with E-state index >= 15 is 0 Å². The number of hydrogen-bond acceptors (Lipinski definition) is 4. The molecule has 0 aliphatic carbocycles. The minimum atomic E-state index is 1.05. The highest BCUT2D eigenvalue weighted by molar-refractivity contribution is 6.04. The van der Waals surface area contributed by atoms with Gasteiger partial charge in [0, 0.05) is 72.3 Å². The van der Waals surface area contributed by atoms with Crippen molar-refractivity contribution >= 4 is 11.1 Å². The average molecular weight is 597 g/mol. The van der Waals surface area contributed by atoms with Gasteiger partial charge < -0.3 is 18.3 Å². The van der Waals surface area contributed by atoms with Crippen LogP contribution in [0, 0.1) is 0 Å². The van der Waals surface area contributed by atoms with Crippen molar-refractivity contribution in [3.63, 3.8) is 0 Å². The maximum absolute atomic E-state index is 4.23. The predicted octanol–water partition coefficient (Wildman–Crippen LogP) is 7.44. The van der Waals surface area contributed by atoms with Gasteiger partial charge in [0.2, 0.25) is 0 Å². The molecule has 0 atom stereocenters. The molecule has 0 aliphatic rings. The van der Waals surface area contributed by atoms with Gasteiger partial charge in [-0.3, -0.25) is 0 Å². The highest BCUT2D eigenvalue weighted by Gasteiger charge is 2.17. The molecule has 0 N–H and O–H groups in total. The van der Waals surface area contributed by atoms with Crippen LogP contribution in [0.3, 0.4) is 0 Å². The van der Waals surface area contributed by atoms with Crippen LogP contribution in [0.2, 0.25) is 0 Å². The van der Waals surface area contributed by atoms with Gasteiger partial charge in [0.25, 0.3) is 0 Å². The largest absolute Gasteiger partial charge is 0.306 e. The van der Waals surface area contributed by atoms with Crippen molar-refractivity contribution in [1.29, 1.82) is 0 Å². The van der Waals surface area contributed by atoms with E-state index in [1.165, 1.54) is 0 Å². The number of nitrogens with zero attached hydrogens (tertiary/aromatic N) is 8. The molecule has 0 saturated carbocycles. The summed E-state index contributed by atoms with van der Waals surface area (Å²) in [7, 11) is 0. The zero-order valence-electron chi connectivity index (χ0n) is 24.7. The fraction of sp³-hybridized carbons (Fsp3) is 0. The summed E-state index contributed by atoms with van der Waals surface area (Å²) >= 11 is 0. The van der Waals surface area contributed by atoms with Crippen LogP contribution in [-0.2, 0) is 0 Å². The Morgan fingerprint density at radius 3 is 0.696 bits per heavy atom. The Labute approximate surface area is 265 Å². The highest BCUT2D eigenvalue weighted by Crippen LogP contribution is 2.38. The van der Waals surface area contributed by atoms with Gasteiger partial charge in [0.15, 0.2) is 0 Å². The molecular weight excluding hydrogens is 568 g/mol. The van der Waals surface area contributed by atoms with E-state index in [0.29, 0.717) is 0 Å². The Kier molecular flexibility index (Phi) is 6.97. The standard InChI is InChI=1S/C38H28N8/c1-9-33(43-21-17-39-25-43)10-2-29(1)37(30-3-11-34(12-4-30)44-22-18-40-26-44)38(31-5-13-35(14-6-31)45-23-19-41-27-45)32-7-15-36(16-8-32)46-24-20-42-28-46/h1-28H. The second-order valence-electron chi connectivity index (χ2n) is 10.8. The molecule has 8 rings (SSSR count). The van der Waals surface area contributed by atoms with Gasteiger partial charge in [0.1, 0.15) is 0 Å². The van der Waals surface area contributed by atoms with Crippen LogP contribution in [0.4, 0.5) is 0 Å². The molecule has 0 amide bonds. The fourth-order valence-corrected chi connectivity index (χ4v) is 5.76. The topological polar surface area (TPSA) is 71.3 Å². The Hall–Kier alpha value is -6.54. The summed E-state index contributed by atoms with van der Waals surface area (Å²) in [6, 6.07) is 34.6. The lowest BCUT2D eigenvalue weighted by Gasteiger charge is -2.19. The molecule has 46 heavy (non-hydrogen) atoms. The molecule has 0 spiro atoms. The maximum atomic E-state index is 4.23. The van der Waals surface area contributed by atoms with Crippen LogP contribution in [0.5, 0.6) is 0 Å². The second kappa shape index (κ2) is 11.9. The zero-order chi connectivity index (χ0) is 30.7. The lowest BCUT2D eigenvalue weighted by Crippen LogP contribution is -2.00. The molecule has 0 radical (unpaired) electrons. The van der Waals surface area contributed by atoms with E-state index in [0.717, 1.165) is 56.1 Å². The summed E-state index contributed by atoms with van der Waals surface area (Å²) in [5.41, 5.74) is 10.9. The third kappa shape index (κ3) is 5.24. The molecule has 4 heterocycles. The van der Waals surface area contributed by atoms with E-state index in [2.05, 4.69) is 117 Å². The van der Waals surface area contributed by atoms with Crippen LogP contribution in [0.15, 0.2) is 172 Å². The number of imidazole rings is 4. The van der Waals surface area contributed by atoms with Gasteiger partial charge in [-0.2, -0.15) is 0 Å². The average Bonchev–Trinajstić information content (AvgIpc) is 3.96. The Morgan fingerprint density at radius 2 is 0.522 bits per heavy atom. The predicted molar refractivity (Wildman–Crippen MR) is 179 cm³/mol. The van der Waals surface area contributed by atoms with Crippen molar-refractivity contribution in [2.24, 2.45) is 0 Å². The first-order valence-corrected chi connectivity index (χ1v) is 14.9. The molecule has 0 saturated heterocycles. The monoisotopic (exact) mass is 596 g/mol. The van der Waals surface area contributed by atoms with E-state index in [-0.39, 0.29) is 0 Å². The molecule has 4 aromatic carbocycles. The second-order valence-corrected chi connectivity index (χ2v) is 10.8. The van der Waals surface area contributed by atoms with Gasteiger partial charge in [-0.25, -0.2) is 19.9 Å². The normalized spacial score (nSPS) is 11.0. The molecule has 0 bridgehead atoms. The van der Waals surface area contributed by atoms with E-state index in [9.17, 15) is 0 Å². The molecule has 220 valence electrons. The SMILES string of the molecule is c1cn(-c2ccc(C(=C(c3ccc(-n4ccnc4)cc3)c3ccc(-n4ccnc4)cc3)c3ccc(-n4ccnc4)cc3)cc2)cn1. The minimum absolute atomic E-state index is 1.05. The summed E-state index contributed by atoms with van der Waals surface area (Å²) in [5, 5.41) is 0. The molecule has 8 aromatic rings. The summed E-state index contributed by atoms with van der Waals surface area (Å²) in [6.45, 7) is 0.